The Kier molecular flexibility index (Phi) is 5.76. The number of rotatable bonds is 4. The van der Waals surface area contributed by atoms with Gasteiger partial charge in [0.1, 0.15) is 5.69 Å². The summed E-state index contributed by atoms with van der Waals surface area (Å²) in [4.78, 5) is 27.9. The van der Waals surface area contributed by atoms with Crippen LogP contribution in [-0.4, -0.2) is 40.4 Å². The number of amides is 2. The number of carbonyl (C=O) groups excluding carboxylic acids is 2. The minimum absolute atomic E-state index is 0.0641. The predicted octanol–water partition coefficient (Wildman–Crippen LogP) is 4.27. The first-order chi connectivity index (χ1) is 13.6. The minimum atomic E-state index is -0.0804. The molecule has 1 saturated carbocycles. The molecule has 2 aromatic rings. The van der Waals surface area contributed by atoms with Crippen molar-refractivity contribution in [3.05, 3.63) is 23.2 Å². The van der Waals surface area contributed by atoms with Crippen molar-refractivity contribution in [3.8, 4) is 0 Å². The van der Waals surface area contributed by atoms with Gasteiger partial charge in [-0.05, 0) is 68.9 Å². The maximum absolute atomic E-state index is 13.2. The number of likely N-dealkylation sites (tertiary alicyclic amines) is 1. The van der Waals surface area contributed by atoms with Crippen LogP contribution < -0.4 is 5.32 Å². The lowest BCUT2D eigenvalue weighted by atomic mass is 9.87. The number of hydrogen-bond donors (Lipinski definition) is 1. The summed E-state index contributed by atoms with van der Waals surface area (Å²) in [6.45, 7) is 6.42. The highest BCUT2D eigenvalue weighted by Crippen LogP contribution is 2.28. The van der Waals surface area contributed by atoms with Gasteiger partial charge in [0.25, 0.3) is 5.91 Å². The molecule has 28 heavy (non-hydrogen) atoms. The topological polar surface area (TPSA) is 54.3 Å². The smallest absolute Gasteiger partial charge is 0.270 e. The molecule has 2 aliphatic rings. The molecule has 1 aliphatic carbocycles. The highest BCUT2D eigenvalue weighted by Gasteiger charge is 2.31. The van der Waals surface area contributed by atoms with E-state index in [1.807, 2.05) is 11.0 Å². The quantitative estimate of drug-likeness (QED) is 0.832. The van der Waals surface area contributed by atoms with Gasteiger partial charge < -0.3 is 14.8 Å². The Morgan fingerprint density at radius 2 is 2.00 bits per heavy atom. The van der Waals surface area contributed by atoms with Crippen LogP contribution in [0.2, 0.25) is 0 Å². The number of aromatic nitrogens is 1. The van der Waals surface area contributed by atoms with Gasteiger partial charge >= 0.3 is 0 Å². The summed E-state index contributed by atoms with van der Waals surface area (Å²) in [7, 11) is 0. The van der Waals surface area contributed by atoms with Crippen molar-refractivity contribution in [2.75, 3.05) is 13.1 Å². The van der Waals surface area contributed by atoms with Crippen LogP contribution in [-0.2, 0) is 11.3 Å². The molecule has 1 atom stereocenters. The van der Waals surface area contributed by atoms with Gasteiger partial charge in [0, 0.05) is 25.7 Å². The molecular formula is C22H31N3O2S. The van der Waals surface area contributed by atoms with E-state index >= 15 is 0 Å². The standard InChI is InChI=1S/C22H31N3O2S/c1-3-25-18-10-12-28-20(18)13-19(25)22(27)24-11-4-5-16(14-24)21(26)23-17-8-6-15(2)7-9-17/h10,12-13,15-17H,3-9,11,14H2,1-2H3,(H,23,26). The predicted molar refractivity (Wildman–Crippen MR) is 114 cm³/mol. The summed E-state index contributed by atoms with van der Waals surface area (Å²) in [5, 5.41) is 5.34. The zero-order valence-electron chi connectivity index (χ0n) is 16.9. The summed E-state index contributed by atoms with van der Waals surface area (Å²) in [6, 6.07) is 4.41. The number of fused-ring (bicyclic) bond motifs is 1. The van der Waals surface area contributed by atoms with Crippen molar-refractivity contribution in [1.82, 2.24) is 14.8 Å². The van der Waals surface area contributed by atoms with Crippen LogP contribution in [0.1, 0.15) is 62.9 Å². The van der Waals surface area contributed by atoms with Crippen LogP contribution in [0.4, 0.5) is 0 Å². The Morgan fingerprint density at radius 1 is 1.21 bits per heavy atom. The van der Waals surface area contributed by atoms with Crippen LogP contribution in [0.3, 0.4) is 0 Å². The van der Waals surface area contributed by atoms with E-state index in [1.54, 1.807) is 11.3 Å². The highest BCUT2D eigenvalue weighted by atomic mass is 32.1. The van der Waals surface area contributed by atoms with Crippen LogP contribution in [0.25, 0.3) is 10.2 Å². The first kappa shape index (κ1) is 19.5. The molecule has 2 aromatic heterocycles. The summed E-state index contributed by atoms with van der Waals surface area (Å²) >= 11 is 1.67. The van der Waals surface area contributed by atoms with E-state index in [1.165, 1.54) is 12.8 Å². The van der Waals surface area contributed by atoms with Crippen molar-refractivity contribution in [3.63, 3.8) is 0 Å². The largest absolute Gasteiger partial charge is 0.353 e. The lowest BCUT2D eigenvalue weighted by Crippen LogP contribution is -2.48. The Labute approximate surface area is 171 Å². The van der Waals surface area contributed by atoms with E-state index in [9.17, 15) is 9.59 Å². The number of thiophene rings is 1. The highest BCUT2D eigenvalue weighted by molar-refractivity contribution is 7.17. The Morgan fingerprint density at radius 3 is 2.75 bits per heavy atom. The van der Waals surface area contributed by atoms with Crippen molar-refractivity contribution in [2.45, 2.75) is 65.0 Å². The van der Waals surface area contributed by atoms with E-state index in [-0.39, 0.29) is 17.7 Å². The monoisotopic (exact) mass is 401 g/mol. The lowest BCUT2D eigenvalue weighted by molar-refractivity contribution is -0.127. The molecule has 1 saturated heterocycles. The van der Waals surface area contributed by atoms with Gasteiger partial charge in [-0.3, -0.25) is 9.59 Å². The van der Waals surface area contributed by atoms with E-state index in [0.717, 1.165) is 60.6 Å². The summed E-state index contributed by atoms with van der Waals surface area (Å²) < 4.78 is 3.25. The van der Waals surface area contributed by atoms with Crippen LogP contribution in [0, 0.1) is 11.8 Å². The average molecular weight is 402 g/mol. The summed E-state index contributed by atoms with van der Waals surface area (Å²) in [5.74, 6) is 0.904. The molecule has 0 bridgehead atoms. The van der Waals surface area contributed by atoms with Gasteiger partial charge in [0.05, 0.1) is 16.1 Å². The number of carbonyl (C=O) groups is 2. The first-order valence-corrected chi connectivity index (χ1v) is 11.6. The molecule has 4 rings (SSSR count). The Hall–Kier alpha value is -1.82. The SMILES string of the molecule is CCn1c(C(=O)N2CCCC(C(=O)NC3CCC(C)CC3)C2)cc2sccc21. The normalized spacial score (nSPS) is 25.8. The van der Waals surface area contributed by atoms with Crippen molar-refractivity contribution >= 4 is 33.4 Å². The van der Waals surface area contributed by atoms with E-state index in [2.05, 4.69) is 35.2 Å². The molecule has 2 amide bonds. The van der Waals surface area contributed by atoms with Crippen molar-refractivity contribution in [2.24, 2.45) is 11.8 Å². The Balaban J connectivity index is 1.42. The third-order valence-electron chi connectivity index (χ3n) is 6.50. The molecule has 2 fully saturated rings. The summed E-state index contributed by atoms with van der Waals surface area (Å²) in [6.07, 6.45) is 6.35. The van der Waals surface area contributed by atoms with Gasteiger partial charge in [0.2, 0.25) is 5.91 Å². The molecule has 1 aliphatic heterocycles. The van der Waals surface area contributed by atoms with E-state index < -0.39 is 0 Å². The van der Waals surface area contributed by atoms with Crippen molar-refractivity contribution < 1.29 is 9.59 Å². The first-order valence-electron chi connectivity index (χ1n) is 10.7. The maximum atomic E-state index is 13.2. The lowest BCUT2D eigenvalue weighted by Gasteiger charge is -2.34. The average Bonchev–Trinajstić information content (AvgIpc) is 3.30. The molecule has 5 nitrogen and oxygen atoms in total. The van der Waals surface area contributed by atoms with Gasteiger partial charge in [-0.25, -0.2) is 0 Å². The number of nitrogens with one attached hydrogen (secondary N) is 1. The molecule has 152 valence electrons. The van der Waals surface area contributed by atoms with Gasteiger partial charge in [-0.2, -0.15) is 0 Å². The molecule has 0 spiro atoms. The molecule has 6 heteroatoms. The minimum Gasteiger partial charge on any atom is -0.353 e. The zero-order chi connectivity index (χ0) is 19.7. The fraction of sp³-hybridized carbons (Fsp3) is 0.636. The van der Waals surface area contributed by atoms with Gasteiger partial charge in [0.15, 0.2) is 0 Å². The number of piperidine rings is 1. The molecule has 1 N–H and O–H groups in total. The van der Waals surface area contributed by atoms with E-state index in [4.69, 9.17) is 0 Å². The fourth-order valence-electron chi connectivity index (χ4n) is 4.76. The second-order valence-corrected chi connectivity index (χ2v) is 9.45. The number of aryl methyl sites for hydroxylation is 1. The second kappa shape index (κ2) is 8.27. The number of hydrogen-bond acceptors (Lipinski definition) is 3. The third kappa shape index (κ3) is 3.84. The third-order valence-corrected chi connectivity index (χ3v) is 7.35. The molecular weight excluding hydrogens is 370 g/mol. The van der Waals surface area contributed by atoms with Crippen molar-refractivity contribution in [1.29, 1.82) is 0 Å². The fourth-order valence-corrected chi connectivity index (χ4v) is 5.58. The van der Waals surface area contributed by atoms with Gasteiger partial charge in [-0.1, -0.05) is 6.92 Å². The van der Waals surface area contributed by atoms with Crippen LogP contribution in [0.5, 0.6) is 0 Å². The molecule has 0 aromatic carbocycles. The molecule has 1 unspecified atom stereocenters. The van der Waals surface area contributed by atoms with Crippen LogP contribution >= 0.6 is 11.3 Å². The molecule has 0 radical (unpaired) electrons. The van der Waals surface area contributed by atoms with Gasteiger partial charge in [-0.15, -0.1) is 11.3 Å². The molecule has 3 heterocycles. The second-order valence-electron chi connectivity index (χ2n) is 8.50. The summed E-state index contributed by atoms with van der Waals surface area (Å²) in [5.41, 5.74) is 1.89. The van der Waals surface area contributed by atoms with Crippen LogP contribution in [0.15, 0.2) is 17.5 Å². The van der Waals surface area contributed by atoms with E-state index in [0.29, 0.717) is 12.6 Å². The maximum Gasteiger partial charge on any atom is 0.270 e. The zero-order valence-corrected chi connectivity index (χ0v) is 17.8. The number of nitrogens with zero attached hydrogens (tertiary/aromatic N) is 2. The Bertz CT molecular complexity index is 847.